The van der Waals surface area contributed by atoms with Gasteiger partial charge in [-0.05, 0) is 30.3 Å². The quantitative estimate of drug-likeness (QED) is 0.371. The van der Waals surface area contributed by atoms with Gasteiger partial charge in [-0.15, -0.1) is 0 Å². The number of halogens is 1. The lowest BCUT2D eigenvalue weighted by atomic mass is 10.1. The molecule has 7 heteroatoms. The number of Topliss-reactive ketones (excluding diaryl/α,β-unsaturated/α-hetero) is 1. The Labute approximate surface area is 192 Å². The van der Waals surface area contributed by atoms with Crippen LogP contribution in [0.4, 0.5) is 5.69 Å². The molecule has 1 atom stereocenters. The third-order valence-electron chi connectivity index (χ3n) is 6.86. The molecule has 1 heterocycles. The average Bonchev–Trinajstić information content (AvgIpc) is 2.92. The zero-order valence-electron chi connectivity index (χ0n) is 19.8. The number of rotatable bonds is 7. The van der Waals surface area contributed by atoms with E-state index < -0.39 is 25.5 Å². The Balaban J connectivity index is 2.27. The highest BCUT2D eigenvalue weighted by atomic mass is 35.5. The molecular formula is C24H35ClN2O3Si. The molecule has 2 rings (SSSR count). The molecular weight excluding hydrogens is 428 g/mol. The van der Waals surface area contributed by atoms with Gasteiger partial charge in [-0.25, -0.2) is 0 Å². The number of hydrogen-bond donors (Lipinski definition) is 1. The van der Waals surface area contributed by atoms with Crippen LogP contribution < -0.4 is 4.90 Å². The Kier molecular flexibility index (Phi) is 8.15. The Bertz CT molecular complexity index is 908. The van der Waals surface area contributed by atoms with Gasteiger partial charge in [0.05, 0.1) is 30.1 Å². The maximum Gasteiger partial charge on any atom is 0.299 e. The van der Waals surface area contributed by atoms with Gasteiger partial charge in [0.15, 0.2) is 0 Å². The third kappa shape index (κ3) is 5.40. The van der Waals surface area contributed by atoms with Crippen LogP contribution >= 0.6 is 11.6 Å². The van der Waals surface area contributed by atoms with E-state index in [1.807, 2.05) is 0 Å². The highest BCUT2D eigenvalue weighted by Crippen LogP contribution is 2.39. The molecule has 0 saturated heterocycles. The summed E-state index contributed by atoms with van der Waals surface area (Å²) in [4.78, 5) is 28.7. The summed E-state index contributed by atoms with van der Waals surface area (Å²) in [6, 6.07) is 3.39. The fourth-order valence-electron chi connectivity index (χ4n) is 3.45. The first kappa shape index (κ1) is 25.6. The lowest BCUT2D eigenvalue weighted by Crippen LogP contribution is -2.49. The van der Waals surface area contributed by atoms with Crippen LogP contribution in [0.5, 0.6) is 0 Å². The SMILES string of the molecule is CCN(CC)CCN1C(=O)C(=O)c2c(Cl)cc(C#CCC(O)[Si](C)(C)C(C)(C)C)cc21. The summed E-state index contributed by atoms with van der Waals surface area (Å²) in [5.41, 5.74) is 0.988. The third-order valence-corrected chi connectivity index (χ3v) is 12.9. The van der Waals surface area contributed by atoms with Crippen molar-refractivity contribution < 1.29 is 14.7 Å². The molecule has 0 spiro atoms. The lowest BCUT2D eigenvalue weighted by molar-refractivity contribution is -0.114. The van der Waals surface area contributed by atoms with E-state index in [-0.39, 0.29) is 15.6 Å². The Morgan fingerprint density at radius 3 is 2.35 bits per heavy atom. The van der Waals surface area contributed by atoms with E-state index in [1.165, 1.54) is 4.90 Å². The van der Waals surface area contributed by atoms with Gasteiger partial charge in [0.2, 0.25) is 0 Å². The van der Waals surface area contributed by atoms with Gasteiger partial charge in [-0.3, -0.25) is 9.59 Å². The maximum absolute atomic E-state index is 12.6. The Morgan fingerprint density at radius 1 is 1.19 bits per heavy atom. The first-order chi connectivity index (χ1) is 14.3. The van der Waals surface area contributed by atoms with Crippen molar-refractivity contribution in [2.45, 2.75) is 64.9 Å². The van der Waals surface area contributed by atoms with E-state index in [0.717, 1.165) is 13.1 Å². The first-order valence-electron chi connectivity index (χ1n) is 10.9. The summed E-state index contributed by atoms with van der Waals surface area (Å²) < 4.78 is 0. The number of aliphatic hydroxyl groups excluding tert-OH is 1. The predicted octanol–water partition coefficient (Wildman–Crippen LogP) is 4.36. The highest BCUT2D eigenvalue weighted by Gasteiger charge is 2.41. The van der Waals surface area contributed by atoms with Crippen molar-refractivity contribution in [3.63, 3.8) is 0 Å². The van der Waals surface area contributed by atoms with Gasteiger partial charge in [0.1, 0.15) is 0 Å². The van der Waals surface area contributed by atoms with Gasteiger partial charge in [0.25, 0.3) is 11.7 Å². The largest absolute Gasteiger partial charge is 0.396 e. The summed E-state index contributed by atoms with van der Waals surface area (Å²) in [6.45, 7) is 17.8. The Hall–Kier alpha value is -1.65. The number of amides is 1. The van der Waals surface area contributed by atoms with Crippen molar-refractivity contribution in [1.82, 2.24) is 4.90 Å². The minimum absolute atomic E-state index is 0.0665. The van der Waals surface area contributed by atoms with Crippen molar-refractivity contribution >= 4 is 37.1 Å². The normalized spacial score (nSPS) is 15.2. The number of carbonyl (C=O) groups is 2. The van der Waals surface area contributed by atoms with Crippen LogP contribution in [-0.4, -0.2) is 61.7 Å². The number of carbonyl (C=O) groups excluding carboxylic acids is 2. The summed E-state index contributed by atoms with van der Waals surface area (Å²) in [6.07, 6.45) is 0.384. The summed E-state index contributed by atoms with van der Waals surface area (Å²) >= 11 is 6.37. The first-order valence-corrected chi connectivity index (χ1v) is 14.4. The molecule has 0 aliphatic carbocycles. The predicted molar refractivity (Wildman–Crippen MR) is 131 cm³/mol. The topological polar surface area (TPSA) is 60.9 Å². The minimum Gasteiger partial charge on any atom is -0.396 e. The van der Waals surface area contributed by atoms with E-state index in [4.69, 9.17) is 11.6 Å². The number of benzene rings is 1. The van der Waals surface area contributed by atoms with Crippen molar-refractivity contribution in [3.05, 3.63) is 28.3 Å². The fraction of sp³-hybridized carbons (Fsp3) is 0.583. The van der Waals surface area contributed by atoms with Crippen LogP contribution in [0, 0.1) is 11.8 Å². The number of fused-ring (bicyclic) bond motifs is 1. The van der Waals surface area contributed by atoms with Gasteiger partial charge in [0, 0.05) is 25.1 Å². The van der Waals surface area contributed by atoms with E-state index in [1.54, 1.807) is 12.1 Å². The van der Waals surface area contributed by atoms with Crippen LogP contribution in [0.15, 0.2) is 12.1 Å². The fourth-order valence-corrected chi connectivity index (χ4v) is 5.36. The van der Waals surface area contributed by atoms with Gasteiger partial charge < -0.3 is 14.9 Å². The molecule has 0 aromatic heterocycles. The molecule has 0 fully saturated rings. The molecule has 1 aliphatic rings. The van der Waals surface area contributed by atoms with Crippen LogP contribution in [-0.2, 0) is 4.79 Å². The highest BCUT2D eigenvalue weighted by molar-refractivity contribution is 6.81. The van der Waals surface area contributed by atoms with Crippen LogP contribution in [0.25, 0.3) is 0 Å². The molecule has 1 aromatic carbocycles. The van der Waals surface area contributed by atoms with Crippen molar-refractivity contribution in [3.8, 4) is 11.8 Å². The van der Waals surface area contributed by atoms with Gasteiger partial charge >= 0.3 is 0 Å². The maximum atomic E-state index is 12.6. The van der Waals surface area contributed by atoms with E-state index in [0.29, 0.717) is 30.8 Å². The summed E-state index contributed by atoms with van der Waals surface area (Å²) in [7, 11) is -1.91. The molecule has 31 heavy (non-hydrogen) atoms. The van der Waals surface area contributed by atoms with Gasteiger partial charge in [-0.1, -0.05) is 71.2 Å². The molecule has 1 aromatic rings. The van der Waals surface area contributed by atoms with Crippen molar-refractivity contribution in [2.24, 2.45) is 0 Å². The van der Waals surface area contributed by atoms with Gasteiger partial charge in [-0.2, -0.15) is 0 Å². The molecule has 0 bridgehead atoms. The number of likely N-dealkylation sites (N-methyl/N-ethyl adjacent to an activating group) is 1. The smallest absolute Gasteiger partial charge is 0.299 e. The standard InChI is InChI=1S/C24H35ClN2O3Si/c1-8-26(9-2)13-14-27-19-16-17(15-18(25)21(19)22(29)23(27)30)11-10-12-20(28)31(6,7)24(3,4)5/h15-16,20,28H,8-9,12-14H2,1-7H3. The van der Waals surface area contributed by atoms with E-state index in [9.17, 15) is 14.7 Å². The van der Waals surface area contributed by atoms with E-state index >= 15 is 0 Å². The molecule has 0 saturated carbocycles. The monoisotopic (exact) mass is 462 g/mol. The molecule has 1 aliphatic heterocycles. The minimum atomic E-state index is -1.91. The number of hydrogen-bond acceptors (Lipinski definition) is 4. The zero-order valence-corrected chi connectivity index (χ0v) is 21.6. The number of ketones is 1. The summed E-state index contributed by atoms with van der Waals surface area (Å²) in [5, 5.41) is 11.0. The second-order valence-electron chi connectivity index (χ2n) is 9.66. The zero-order chi connectivity index (χ0) is 23.6. The molecule has 1 unspecified atom stereocenters. The number of aliphatic hydroxyl groups is 1. The molecule has 170 valence electrons. The molecule has 0 radical (unpaired) electrons. The molecule has 1 N–H and O–H groups in total. The lowest BCUT2D eigenvalue weighted by Gasteiger charge is -2.40. The van der Waals surface area contributed by atoms with E-state index in [2.05, 4.69) is 64.5 Å². The summed E-state index contributed by atoms with van der Waals surface area (Å²) in [5.74, 6) is 5.06. The second-order valence-corrected chi connectivity index (χ2v) is 15.7. The van der Waals surface area contributed by atoms with Crippen LogP contribution in [0.2, 0.25) is 23.2 Å². The van der Waals surface area contributed by atoms with Crippen molar-refractivity contribution in [2.75, 3.05) is 31.1 Å². The average molecular weight is 463 g/mol. The second kappa shape index (κ2) is 9.87. The molecule has 1 amide bonds. The number of anilines is 1. The van der Waals surface area contributed by atoms with Crippen molar-refractivity contribution in [1.29, 1.82) is 0 Å². The Morgan fingerprint density at radius 2 is 1.81 bits per heavy atom. The number of nitrogens with zero attached hydrogens (tertiary/aromatic N) is 2. The van der Waals surface area contributed by atoms with Crippen LogP contribution in [0.1, 0.15) is 57.0 Å². The van der Waals surface area contributed by atoms with Crippen LogP contribution in [0.3, 0.4) is 0 Å². The molecule has 5 nitrogen and oxygen atoms in total.